The van der Waals surface area contributed by atoms with E-state index in [-0.39, 0.29) is 0 Å². The summed E-state index contributed by atoms with van der Waals surface area (Å²) in [6.07, 6.45) is 4.55. The Bertz CT molecular complexity index is 379. The summed E-state index contributed by atoms with van der Waals surface area (Å²) in [5.41, 5.74) is 1.25. The highest BCUT2D eigenvalue weighted by atomic mass is 16.5. The third-order valence-electron chi connectivity index (χ3n) is 3.72. The molecule has 0 amide bonds. The molecule has 19 heavy (non-hydrogen) atoms. The molecule has 2 heterocycles. The Morgan fingerprint density at radius 3 is 2.89 bits per heavy atom. The summed E-state index contributed by atoms with van der Waals surface area (Å²) in [5, 5.41) is 3.29. The molecule has 0 bridgehead atoms. The van der Waals surface area contributed by atoms with Gasteiger partial charge < -0.3 is 10.1 Å². The van der Waals surface area contributed by atoms with E-state index in [0.29, 0.717) is 12.1 Å². The zero-order valence-electron chi connectivity index (χ0n) is 12.2. The van der Waals surface area contributed by atoms with E-state index in [4.69, 9.17) is 4.74 Å². The topological polar surface area (TPSA) is 37.4 Å². The lowest BCUT2D eigenvalue weighted by Gasteiger charge is -2.26. The summed E-state index contributed by atoms with van der Waals surface area (Å²) < 4.78 is 5.62. The van der Waals surface area contributed by atoms with Gasteiger partial charge in [-0.25, -0.2) is 4.98 Å². The number of pyridine rings is 1. The first-order valence-electron chi connectivity index (χ1n) is 7.21. The van der Waals surface area contributed by atoms with Gasteiger partial charge in [-0.1, -0.05) is 13.0 Å². The van der Waals surface area contributed by atoms with Gasteiger partial charge in [0.2, 0.25) is 0 Å². The minimum absolute atomic E-state index is 0.337. The number of hydrogen-bond donors (Lipinski definition) is 1. The SMILES string of the molecule is CCCNc1ccc(CN(C)C2CCOC2C)cn1. The molecule has 1 N–H and O–H groups in total. The van der Waals surface area contributed by atoms with Gasteiger partial charge in [0, 0.05) is 31.9 Å². The third kappa shape index (κ3) is 3.91. The maximum absolute atomic E-state index is 5.62. The highest BCUT2D eigenvalue weighted by Crippen LogP contribution is 2.20. The molecule has 4 nitrogen and oxygen atoms in total. The second-order valence-corrected chi connectivity index (χ2v) is 5.33. The van der Waals surface area contributed by atoms with Crippen molar-refractivity contribution in [1.29, 1.82) is 0 Å². The van der Waals surface area contributed by atoms with E-state index in [1.807, 2.05) is 6.20 Å². The molecule has 1 saturated heterocycles. The fraction of sp³-hybridized carbons (Fsp3) is 0.667. The predicted molar refractivity (Wildman–Crippen MR) is 78.3 cm³/mol. The summed E-state index contributed by atoms with van der Waals surface area (Å²) >= 11 is 0. The zero-order chi connectivity index (χ0) is 13.7. The first kappa shape index (κ1) is 14.3. The molecule has 0 spiro atoms. The molecule has 1 aliphatic rings. The molecule has 0 radical (unpaired) electrons. The van der Waals surface area contributed by atoms with Crippen molar-refractivity contribution >= 4 is 5.82 Å². The molecule has 1 aromatic heterocycles. The number of likely N-dealkylation sites (N-methyl/N-ethyl adjacent to an activating group) is 1. The lowest BCUT2D eigenvalue weighted by Crippen LogP contribution is -2.36. The van der Waals surface area contributed by atoms with Crippen molar-refractivity contribution in [3.05, 3.63) is 23.9 Å². The molecule has 2 unspecified atom stereocenters. The Morgan fingerprint density at radius 2 is 2.32 bits per heavy atom. The molecular formula is C15H25N3O. The molecule has 2 rings (SSSR count). The van der Waals surface area contributed by atoms with Crippen LogP contribution in [0, 0.1) is 0 Å². The van der Waals surface area contributed by atoms with Gasteiger partial charge >= 0.3 is 0 Å². The summed E-state index contributed by atoms with van der Waals surface area (Å²) in [5.74, 6) is 0.964. The van der Waals surface area contributed by atoms with E-state index < -0.39 is 0 Å². The molecule has 1 fully saturated rings. The van der Waals surface area contributed by atoms with E-state index in [9.17, 15) is 0 Å². The van der Waals surface area contributed by atoms with Gasteiger partial charge in [-0.3, -0.25) is 4.90 Å². The Labute approximate surface area is 116 Å². The molecule has 4 heteroatoms. The van der Waals surface area contributed by atoms with E-state index >= 15 is 0 Å². The van der Waals surface area contributed by atoms with Gasteiger partial charge in [0.1, 0.15) is 5.82 Å². The van der Waals surface area contributed by atoms with Crippen molar-refractivity contribution in [2.75, 3.05) is 25.5 Å². The van der Waals surface area contributed by atoms with E-state index in [1.54, 1.807) is 0 Å². The summed E-state index contributed by atoms with van der Waals surface area (Å²) in [7, 11) is 2.17. The number of hydrogen-bond acceptors (Lipinski definition) is 4. The second-order valence-electron chi connectivity index (χ2n) is 5.33. The summed E-state index contributed by atoms with van der Waals surface area (Å²) in [6.45, 7) is 7.10. The number of rotatable bonds is 6. The van der Waals surface area contributed by atoms with Gasteiger partial charge in [-0.2, -0.15) is 0 Å². The largest absolute Gasteiger partial charge is 0.377 e. The Hall–Kier alpha value is -1.13. The predicted octanol–water partition coefficient (Wildman–Crippen LogP) is 2.51. The normalized spacial score (nSPS) is 22.9. The van der Waals surface area contributed by atoms with Crippen LogP contribution in [0.25, 0.3) is 0 Å². The van der Waals surface area contributed by atoms with Crippen LogP contribution in [-0.4, -0.2) is 42.2 Å². The monoisotopic (exact) mass is 263 g/mol. The van der Waals surface area contributed by atoms with Crippen LogP contribution in [0.1, 0.15) is 32.3 Å². The van der Waals surface area contributed by atoms with Crippen molar-refractivity contribution in [1.82, 2.24) is 9.88 Å². The average Bonchev–Trinajstić information content (AvgIpc) is 2.84. The Morgan fingerprint density at radius 1 is 1.47 bits per heavy atom. The van der Waals surface area contributed by atoms with Gasteiger partial charge in [0.15, 0.2) is 0 Å². The number of aromatic nitrogens is 1. The van der Waals surface area contributed by atoms with Crippen LogP contribution >= 0.6 is 0 Å². The number of nitrogens with one attached hydrogen (secondary N) is 1. The molecule has 0 saturated carbocycles. The average molecular weight is 263 g/mol. The fourth-order valence-corrected chi connectivity index (χ4v) is 2.58. The third-order valence-corrected chi connectivity index (χ3v) is 3.72. The van der Waals surface area contributed by atoms with E-state index in [1.165, 1.54) is 5.56 Å². The quantitative estimate of drug-likeness (QED) is 0.855. The first-order chi connectivity index (χ1) is 9.20. The smallest absolute Gasteiger partial charge is 0.125 e. The Kier molecular flexibility index (Phi) is 5.16. The van der Waals surface area contributed by atoms with Crippen LogP contribution in [0.4, 0.5) is 5.82 Å². The first-order valence-corrected chi connectivity index (χ1v) is 7.21. The lowest BCUT2D eigenvalue weighted by molar-refractivity contribution is 0.0814. The molecular weight excluding hydrogens is 238 g/mol. The molecule has 0 aliphatic carbocycles. The number of anilines is 1. The van der Waals surface area contributed by atoms with Gasteiger partial charge in [0.05, 0.1) is 6.10 Å². The van der Waals surface area contributed by atoms with Gasteiger partial charge in [-0.15, -0.1) is 0 Å². The maximum Gasteiger partial charge on any atom is 0.125 e. The van der Waals surface area contributed by atoms with Crippen molar-refractivity contribution in [2.24, 2.45) is 0 Å². The maximum atomic E-state index is 5.62. The van der Waals surface area contributed by atoms with Crippen molar-refractivity contribution in [2.45, 2.75) is 45.4 Å². The summed E-state index contributed by atoms with van der Waals surface area (Å²) in [4.78, 5) is 6.81. The van der Waals surface area contributed by atoms with Crippen molar-refractivity contribution in [3.63, 3.8) is 0 Å². The fourth-order valence-electron chi connectivity index (χ4n) is 2.58. The molecule has 1 aliphatic heterocycles. The van der Waals surface area contributed by atoms with E-state index in [0.717, 1.165) is 38.4 Å². The van der Waals surface area contributed by atoms with Crippen LogP contribution in [0.2, 0.25) is 0 Å². The van der Waals surface area contributed by atoms with Gasteiger partial charge in [0.25, 0.3) is 0 Å². The molecule has 2 atom stereocenters. The van der Waals surface area contributed by atoms with Crippen LogP contribution in [0.3, 0.4) is 0 Å². The molecule has 106 valence electrons. The lowest BCUT2D eigenvalue weighted by atomic mass is 10.1. The Balaban J connectivity index is 1.88. The van der Waals surface area contributed by atoms with E-state index in [2.05, 4.69) is 48.2 Å². The minimum Gasteiger partial charge on any atom is -0.377 e. The second kappa shape index (κ2) is 6.87. The van der Waals surface area contributed by atoms with Crippen LogP contribution in [0.15, 0.2) is 18.3 Å². The van der Waals surface area contributed by atoms with Gasteiger partial charge in [-0.05, 0) is 38.4 Å². The zero-order valence-corrected chi connectivity index (χ0v) is 12.2. The van der Waals surface area contributed by atoms with Crippen molar-refractivity contribution < 1.29 is 4.74 Å². The molecule has 1 aromatic rings. The summed E-state index contributed by atoms with van der Waals surface area (Å²) in [6, 6.07) is 4.74. The van der Waals surface area contributed by atoms with Crippen LogP contribution < -0.4 is 5.32 Å². The standard InChI is InChI=1S/C15H25N3O/c1-4-8-16-15-6-5-13(10-17-15)11-18(3)14-7-9-19-12(14)2/h5-6,10,12,14H,4,7-9,11H2,1-3H3,(H,16,17). The number of ether oxygens (including phenoxy) is 1. The van der Waals surface area contributed by atoms with Crippen LogP contribution in [0.5, 0.6) is 0 Å². The number of nitrogens with zero attached hydrogens (tertiary/aromatic N) is 2. The highest BCUT2D eigenvalue weighted by Gasteiger charge is 2.27. The molecule has 0 aromatic carbocycles. The minimum atomic E-state index is 0.337. The highest BCUT2D eigenvalue weighted by molar-refractivity contribution is 5.35. The van der Waals surface area contributed by atoms with Crippen LogP contribution in [-0.2, 0) is 11.3 Å². The van der Waals surface area contributed by atoms with Crippen molar-refractivity contribution in [3.8, 4) is 0 Å².